The van der Waals surface area contributed by atoms with Crippen molar-refractivity contribution in [1.29, 1.82) is 0 Å². The number of fused-ring (bicyclic) bond motifs is 1. The van der Waals surface area contributed by atoms with Gasteiger partial charge in [-0.05, 0) is 30.7 Å². The molecule has 3 aromatic heterocycles. The third kappa shape index (κ3) is 3.75. The number of halogens is 3. The number of nitrogens with zero attached hydrogens (tertiary/aromatic N) is 6. The minimum Gasteiger partial charge on any atom is -0.338 e. The van der Waals surface area contributed by atoms with E-state index in [0.29, 0.717) is 19.0 Å². The number of pyridine rings is 2. The quantitative estimate of drug-likeness (QED) is 0.686. The van der Waals surface area contributed by atoms with Crippen LogP contribution in [0.5, 0.6) is 0 Å². The molecular formula is C19H19F3N6. The lowest BCUT2D eigenvalue weighted by molar-refractivity contribution is -0.138. The van der Waals surface area contributed by atoms with Gasteiger partial charge in [0.1, 0.15) is 0 Å². The Bertz CT molecular complexity index is 952. The Morgan fingerprint density at radius 3 is 2.32 bits per heavy atom. The second-order valence-corrected chi connectivity index (χ2v) is 6.78. The number of hydrogen-bond donors (Lipinski definition) is 0. The highest BCUT2D eigenvalue weighted by Crippen LogP contribution is 2.29. The first-order valence-corrected chi connectivity index (χ1v) is 9.01. The van der Waals surface area contributed by atoms with Gasteiger partial charge >= 0.3 is 6.18 Å². The molecular weight excluding hydrogens is 369 g/mol. The molecule has 146 valence electrons. The van der Waals surface area contributed by atoms with Crippen LogP contribution in [-0.4, -0.2) is 51.0 Å². The van der Waals surface area contributed by atoms with E-state index in [0.717, 1.165) is 42.1 Å². The van der Waals surface area contributed by atoms with E-state index in [4.69, 9.17) is 0 Å². The molecule has 1 aliphatic heterocycles. The average molecular weight is 388 g/mol. The minimum absolute atomic E-state index is 0.162. The Morgan fingerprint density at radius 1 is 0.929 bits per heavy atom. The number of hydrogen-bond acceptors (Lipinski definition) is 6. The van der Waals surface area contributed by atoms with Gasteiger partial charge in [0.05, 0.1) is 16.6 Å². The van der Waals surface area contributed by atoms with E-state index in [1.807, 2.05) is 23.2 Å². The fourth-order valence-corrected chi connectivity index (χ4v) is 3.35. The van der Waals surface area contributed by atoms with E-state index in [9.17, 15) is 13.2 Å². The zero-order chi connectivity index (χ0) is 19.7. The summed E-state index contributed by atoms with van der Waals surface area (Å²) in [6.07, 6.45) is 0.882. The van der Waals surface area contributed by atoms with Crippen LogP contribution in [0.25, 0.3) is 11.0 Å². The summed E-state index contributed by atoms with van der Waals surface area (Å²) in [7, 11) is 0. The van der Waals surface area contributed by atoms with Crippen molar-refractivity contribution in [3.63, 3.8) is 0 Å². The zero-order valence-corrected chi connectivity index (χ0v) is 15.3. The summed E-state index contributed by atoms with van der Waals surface area (Å²) in [6, 6.07) is 6.01. The Morgan fingerprint density at radius 2 is 1.64 bits per heavy atom. The molecule has 1 saturated heterocycles. The molecule has 0 unspecified atom stereocenters. The van der Waals surface area contributed by atoms with Gasteiger partial charge in [0, 0.05) is 57.0 Å². The van der Waals surface area contributed by atoms with E-state index in [1.165, 1.54) is 0 Å². The summed E-state index contributed by atoms with van der Waals surface area (Å²) in [6.45, 7) is 4.93. The van der Waals surface area contributed by atoms with Crippen LogP contribution >= 0.6 is 0 Å². The second-order valence-electron chi connectivity index (χ2n) is 6.78. The molecule has 0 spiro atoms. The van der Waals surface area contributed by atoms with Crippen LogP contribution in [0.2, 0.25) is 0 Å². The van der Waals surface area contributed by atoms with Gasteiger partial charge < -0.3 is 4.90 Å². The lowest BCUT2D eigenvalue weighted by Gasteiger charge is -2.38. The van der Waals surface area contributed by atoms with Crippen LogP contribution in [-0.2, 0) is 6.18 Å². The summed E-state index contributed by atoms with van der Waals surface area (Å²) in [4.78, 5) is 20.8. The molecule has 1 fully saturated rings. The molecule has 6 nitrogen and oxygen atoms in total. The van der Waals surface area contributed by atoms with Crippen molar-refractivity contribution in [2.24, 2.45) is 0 Å². The van der Waals surface area contributed by atoms with Crippen LogP contribution in [0, 0.1) is 0 Å². The molecule has 9 heteroatoms. The van der Waals surface area contributed by atoms with Crippen molar-refractivity contribution in [3.05, 3.63) is 54.1 Å². The van der Waals surface area contributed by atoms with Gasteiger partial charge in [-0.15, -0.1) is 0 Å². The maximum absolute atomic E-state index is 12.7. The first-order chi connectivity index (χ1) is 13.4. The van der Waals surface area contributed by atoms with E-state index < -0.39 is 11.7 Å². The fourth-order valence-electron chi connectivity index (χ4n) is 3.35. The molecule has 0 aliphatic carbocycles. The molecule has 28 heavy (non-hydrogen) atoms. The van der Waals surface area contributed by atoms with Crippen molar-refractivity contribution in [1.82, 2.24) is 24.8 Å². The summed E-state index contributed by atoms with van der Waals surface area (Å²) in [5.41, 5.74) is 1.98. The second kappa shape index (κ2) is 7.31. The van der Waals surface area contributed by atoms with Crippen molar-refractivity contribution >= 4 is 17.0 Å². The average Bonchev–Trinajstić information content (AvgIpc) is 2.72. The van der Waals surface area contributed by atoms with Gasteiger partial charge in [-0.3, -0.25) is 14.9 Å². The van der Waals surface area contributed by atoms with Gasteiger partial charge in [-0.1, -0.05) is 0 Å². The van der Waals surface area contributed by atoms with E-state index in [-0.39, 0.29) is 6.04 Å². The monoisotopic (exact) mass is 388 g/mol. The maximum atomic E-state index is 12.7. The highest BCUT2D eigenvalue weighted by Gasteiger charge is 2.32. The van der Waals surface area contributed by atoms with Crippen LogP contribution in [0.3, 0.4) is 0 Å². The summed E-state index contributed by atoms with van der Waals surface area (Å²) in [5.74, 6) is 0.330. The smallest absolute Gasteiger partial charge is 0.338 e. The van der Waals surface area contributed by atoms with Gasteiger partial charge in [-0.25, -0.2) is 9.97 Å². The van der Waals surface area contributed by atoms with Crippen LogP contribution in [0.4, 0.5) is 19.1 Å². The lowest BCUT2D eigenvalue weighted by Crippen LogP contribution is -2.47. The van der Waals surface area contributed by atoms with Gasteiger partial charge in [0.25, 0.3) is 0 Å². The first-order valence-electron chi connectivity index (χ1n) is 9.01. The molecule has 3 aromatic rings. The summed E-state index contributed by atoms with van der Waals surface area (Å²) < 4.78 is 38.0. The van der Waals surface area contributed by atoms with Gasteiger partial charge in [0.15, 0.2) is 0 Å². The number of anilines is 1. The standard InChI is InChI=1S/C19H19F3N6/c1-13(14-9-17-16(24-10-14)3-2-4-23-17)27-5-7-28(8-6-27)18-25-11-15(12-26-18)19(20,21)22/h2-4,9-13H,5-8H2,1H3/t13-/m0/s1. The molecule has 0 amide bonds. The van der Waals surface area contributed by atoms with Crippen molar-refractivity contribution in [2.45, 2.75) is 19.1 Å². The third-order valence-corrected chi connectivity index (χ3v) is 5.07. The molecule has 0 saturated carbocycles. The topological polar surface area (TPSA) is 58.0 Å². The normalized spacial score (nSPS) is 17.1. The predicted molar refractivity (Wildman–Crippen MR) is 98.8 cm³/mol. The lowest BCUT2D eigenvalue weighted by atomic mass is 10.1. The molecule has 4 heterocycles. The van der Waals surface area contributed by atoms with Gasteiger partial charge in [-0.2, -0.15) is 13.2 Å². The molecule has 0 radical (unpaired) electrons. The molecule has 0 bridgehead atoms. The van der Waals surface area contributed by atoms with E-state index in [2.05, 4.69) is 37.8 Å². The van der Waals surface area contributed by atoms with Crippen LogP contribution in [0.15, 0.2) is 43.0 Å². The number of rotatable bonds is 3. The van der Waals surface area contributed by atoms with Crippen molar-refractivity contribution in [3.8, 4) is 0 Å². The highest BCUT2D eigenvalue weighted by atomic mass is 19.4. The number of alkyl halides is 3. The Hall–Kier alpha value is -2.81. The molecule has 0 aromatic carbocycles. The summed E-state index contributed by atoms with van der Waals surface area (Å²) >= 11 is 0. The summed E-state index contributed by atoms with van der Waals surface area (Å²) in [5, 5.41) is 0. The number of aromatic nitrogens is 4. The van der Waals surface area contributed by atoms with E-state index >= 15 is 0 Å². The van der Waals surface area contributed by atoms with Crippen LogP contribution < -0.4 is 4.90 Å². The highest BCUT2D eigenvalue weighted by molar-refractivity contribution is 5.74. The van der Waals surface area contributed by atoms with Gasteiger partial charge in [0.2, 0.25) is 5.95 Å². The van der Waals surface area contributed by atoms with Crippen LogP contribution in [0.1, 0.15) is 24.1 Å². The minimum atomic E-state index is -4.42. The molecule has 0 N–H and O–H groups in total. The molecule has 4 rings (SSSR count). The molecule has 1 atom stereocenters. The fraction of sp³-hybridized carbons (Fsp3) is 0.368. The maximum Gasteiger partial charge on any atom is 0.419 e. The Labute approximate surface area is 160 Å². The largest absolute Gasteiger partial charge is 0.419 e. The van der Waals surface area contributed by atoms with Crippen molar-refractivity contribution in [2.75, 3.05) is 31.1 Å². The first kappa shape index (κ1) is 18.5. The Kier molecular flexibility index (Phi) is 4.84. The third-order valence-electron chi connectivity index (χ3n) is 5.07. The van der Waals surface area contributed by atoms with Crippen molar-refractivity contribution < 1.29 is 13.2 Å². The van der Waals surface area contributed by atoms with E-state index in [1.54, 1.807) is 6.20 Å². The Balaban J connectivity index is 1.41. The SMILES string of the molecule is C[C@@H](c1cnc2cccnc2c1)N1CCN(c2ncc(C(F)(F)F)cn2)CC1. The predicted octanol–water partition coefficient (Wildman–Crippen LogP) is 3.32. The molecule has 1 aliphatic rings. The zero-order valence-electron chi connectivity index (χ0n) is 15.3. The number of piperazine rings is 1.